The maximum absolute atomic E-state index is 13.4. The zero-order chi connectivity index (χ0) is 23.5. The van der Waals surface area contributed by atoms with Crippen molar-refractivity contribution in [3.8, 4) is 0 Å². The first-order valence-electron chi connectivity index (χ1n) is 11.4. The Balaban J connectivity index is 1.97. The van der Waals surface area contributed by atoms with Gasteiger partial charge in [-0.2, -0.15) is 0 Å². The molecule has 0 bridgehead atoms. The summed E-state index contributed by atoms with van der Waals surface area (Å²) in [6.45, 7) is 9.52. The van der Waals surface area contributed by atoms with Crippen LogP contribution in [-0.4, -0.2) is 25.0 Å². The molecule has 0 saturated heterocycles. The monoisotopic (exact) mass is 442 g/mol. The Kier molecular flexibility index (Phi) is 10.5. The molecule has 2 N–H and O–H groups in total. The van der Waals surface area contributed by atoms with E-state index in [4.69, 9.17) is 0 Å². The van der Waals surface area contributed by atoms with Crippen molar-refractivity contribution in [2.24, 2.45) is 5.92 Å². The summed E-state index contributed by atoms with van der Waals surface area (Å²) in [5, 5.41) is 6.40. The van der Waals surface area contributed by atoms with Crippen molar-refractivity contribution in [1.29, 1.82) is 0 Å². The standard InChI is InChI=1S/C27H36F2N2O/c1-19(2)15-17-30-26(18-20(3)4)27(32)31-16-5-6-25(21-7-11-23(28)12-8-21)22-9-13-24(29)14-10-22/h7-15,20,25-26,30H,5-6,16-18H2,1-4H3,(H,31,32). The molecule has 0 fully saturated rings. The highest BCUT2D eigenvalue weighted by Crippen LogP contribution is 2.29. The van der Waals surface area contributed by atoms with Crippen LogP contribution in [0.15, 0.2) is 60.2 Å². The second-order valence-corrected chi connectivity index (χ2v) is 8.96. The maximum atomic E-state index is 13.4. The molecule has 0 radical (unpaired) electrons. The normalized spacial score (nSPS) is 12.1. The lowest BCUT2D eigenvalue weighted by atomic mass is 9.87. The SMILES string of the molecule is CC(C)=CCNC(CC(C)C)C(=O)NCCCC(c1ccc(F)cc1)c1ccc(F)cc1. The molecular weight excluding hydrogens is 406 g/mol. The third-order valence-corrected chi connectivity index (χ3v) is 5.41. The summed E-state index contributed by atoms with van der Waals surface area (Å²) >= 11 is 0. The molecular formula is C27H36F2N2O. The van der Waals surface area contributed by atoms with Crippen molar-refractivity contribution in [3.63, 3.8) is 0 Å². The van der Waals surface area contributed by atoms with Crippen molar-refractivity contribution in [2.45, 2.75) is 58.9 Å². The molecule has 0 aliphatic carbocycles. The molecule has 1 unspecified atom stereocenters. The molecule has 2 rings (SSSR count). The van der Waals surface area contributed by atoms with E-state index in [1.165, 1.54) is 29.8 Å². The van der Waals surface area contributed by atoms with Crippen LogP contribution in [0, 0.1) is 17.6 Å². The molecule has 0 aromatic heterocycles. The average Bonchev–Trinajstić information content (AvgIpc) is 2.74. The van der Waals surface area contributed by atoms with E-state index in [9.17, 15) is 13.6 Å². The van der Waals surface area contributed by atoms with Crippen LogP contribution in [0.5, 0.6) is 0 Å². The summed E-state index contributed by atoms with van der Waals surface area (Å²) in [5.41, 5.74) is 3.17. The van der Waals surface area contributed by atoms with Gasteiger partial charge in [-0.3, -0.25) is 4.79 Å². The van der Waals surface area contributed by atoms with Gasteiger partial charge >= 0.3 is 0 Å². The fourth-order valence-electron chi connectivity index (χ4n) is 3.72. The van der Waals surface area contributed by atoms with Gasteiger partial charge in [0.15, 0.2) is 0 Å². The number of carbonyl (C=O) groups is 1. The van der Waals surface area contributed by atoms with Crippen LogP contribution >= 0.6 is 0 Å². The van der Waals surface area contributed by atoms with Crippen LogP contribution in [0.1, 0.15) is 64.0 Å². The Morgan fingerprint density at radius 1 is 0.938 bits per heavy atom. The summed E-state index contributed by atoms with van der Waals surface area (Å²) in [4.78, 5) is 12.7. The smallest absolute Gasteiger partial charge is 0.237 e. The van der Waals surface area contributed by atoms with Gasteiger partial charge in [-0.15, -0.1) is 0 Å². The Hall–Kier alpha value is -2.53. The summed E-state index contributed by atoms with van der Waals surface area (Å²) in [7, 11) is 0. The van der Waals surface area contributed by atoms with Gasteiger partial charge < -0.3 is 10.6 Å². The highest BCUT2D eigenvalue weighted by Gasteiger charge is 2.19. The number of amides is 1. The molecule has 5 heteroatoms. The number of hydrogen-bond acceptors (Lipinski definition) is 2. The van der Waals surface area contributed by atoms with Crippen molar-refractivity contribution in [1.82, 2.24) is 10.6 Å². The van der Waals surface area contributed by atoms with E-state index in [2.05, 4.69) is 30.6 Å². The molecule has 174 valence electrons. The lowest BCUT2D eigenvalue weighted by Crippen LogP contribution is -2.45. The van der Waals surface area contributed by atoms with Crippen molar-refractivity contribution in [2.75, 3.05) is 13.1 Å². The first-order chi connectivity index (χ1) is 15.3. The van der Waals surface area contributed by atoms with E-state index in [1.54, 1.807) is 24.3 Å². The van der Waals surface area contributed by atoms with E-state index in [-0.39, 0.29) is 29.5 Å². The van der Waals surface area contributed by atoms with Crippen molar-refractivity contribution >= 4 is 5.91 Å². The van der Waals surface area contributed by atoms with Crippen LogP contribution < -0.4 is 10.6 Å². The summed E-state index contributed by atoms with van der Waals surface area (Å²) in [6.07, 6.45) is 4.37. The molecule has 0 saturated carbocycles. The number of allylic oxidation sites excluding steroid dienone is 1. The van der Waals surface area contributed by atoms with E-state index in [0.717, 1.165) is 30.4 Å². The van der Waals surface area contributed by atoms with E-state index >= 15 is 0 Å². The number of rotatable bonds is 12. The second kappa shape index (κ2) is 13.1. The lowest BCUT2D eigenvalue weighted by molar-refractivity contribution is -0.123. The largest absolute Gasteiger partial charge is 0.355 e. The summed E-state index contributed by atoms with van der Waals surface area (Å²) in [6, 6.07) is 12.6. The van der Waals surface area contributed by atoms with Crippen molar-refractivity contribution in [3.05, 3.63) is 82.9 Å². The Bertz CT molecular complexity index is 811. The predicted octanol–water partition coefficient (Wildman–Crippen LogP) is 5.96. The molecule has 0 spiro atoms. The first-order valence-corrected chi connectivity index (χ1v) is 11.4. The highest BCUT2D eigenvalue weighted by atomic mass is 19.1. The number of hydrogen-bond donors (Lipinski definition) is 2. The number of nitrogens with one attached hydrogen (secondary N) is 2. The lowest BCUT2D eigenvalue weighted by Gasteiger charge is -2.21. The van der Waals surface area contributed by atoms with E-state index < -0.39 is 0 Å². The number of benzene rings is 2. The van der Waals surface area contributed by atoms with Gasteiger partial charge in [0.25, 0.3) is 0 Å². The molecule has 0 heterocycles. The fraction of sp³-hybridized carbons (Fsp3) is 0.444. The molecule has 0 aliphatic heterocycles. The molecule has 2 aromatic carbocycles. The third kappa shape index (κ3) is 8.91. The predicted molar refractivity (Wildman–Crippen MR) is 128 cm³/mol. The van der Waals surface area contributed by atoms with Crippen LogP contribution in [-0.2, 0) is 4.79 Å². The second-order valence-electron chi connectivity index (χ2n) is 8.96. The van der Waals surface area contributed by atoms with Gasteiger partial charge in [-0.25, -0.2) is 8.78 Å². The Morgan fingerprint density at radius 3 is 1.94 bits per heavy atom. The first kappa shape index (κ1) is 25.7. The molecule has 3 nitrogen and oxygen atoms in total. The van der Waals surface area contributed by atoms with E-state index in [0.29, 0.717) is 19.0 Å². The van der Waals surface area contributed by atoms with Gasteiger partial charge in [0.2, 0.25) is 5.91 Å². The molecule has 32 heavy (non-hydrogen) atoms. The van der Waals surface area contributed by atoms with Gasteiger partial charge in [0.1, 0.15) is 11.6 Å². The zero-order valence-corrected chi connectivity index (χ0v) is 19.6. The average molecular weight is 443 g/mol. The number of carbonyl (C=O) groups excluding carboxylic acids is 1. The van der Waals surface area contributed by atoms with E-state index in [1.807, 2.05) is 13.8 Å². The minimum Gasteiger partial charge on any atom is -0.355 e. The van der Waals surface area contributed by atoms with Crippen molar-refractivity contribution < 1.29 is 13.6 Å². The third-order valence-electron chi connectivity index (χ3n) is 5.41. The Labute approximate surface area is 191 Å². The van der Waals surface area contributed by atoms with Gasteiger partial charge in [-0.1, -0.05) is 49.8 Å². The quantitative estimate of drug-likeness (QED) is 0.314. The van der Waals surface area contributed by atoms with Gasteiger partial charge in [-0.05, 0) is 74.4 Å². The minimum atomic E-state index is -0.282. The van der Waals surface area contributed by atoms with Gasteiger partial charge in [0, 0.05) is 19.0 Å². The van der Waals surface area contributed by atoms with Crippen LogP contribution in [0.4, 0.5) is 8.78 Å². The van der Waals surface area contributed by atoms with Gasteiger partial charge in [0.05, 0.1) is 6.04 Å². The summed E-state index contributed by atoms with van der Waals surface area (Å²) < 4.78 is 26.8. The minimum absolute atomic E-state index is 0.00959. The molecule has 2 aromatic rings. The highest BCUT2D eigenvalue weighted by molar-refractivity contribution is 5.81. The number of halogens is 2. The molecule has 1 atom stereocenters. The topological polar surface area (TPSA) is 41.1 Å². The Morgan fingerprint density at radius 2 is 1.47 bits per heavy atom. The zero-order valence-electron chi connectivity index (χ0n) is 19.6. The van der Waals surface area contributed by atoms with Crippen LogP contribution in [0.3, 0.4) is 0 Å². The van der Waals surface area contributed by atoms with Crippen LogP contribution in [0.2, 0.25) is 0 Å². The fourth-order valence-corrected chi connectivity index (χ4v) is 3.72. The van der Waals surface area contributed by atoms with Crippen LogP contribution in [0.25, 0.3) is 0 Å². The molecule has 1 amide bonds. The summed E-state index contributed by atoms with van der Waals surface area (Å²) in [5.74, 6) is -0.131. The molecule has 0 aliphatic rings. The maximum Gasteiger partial charge on any atom is 0.237 e.